The molecule has 0 fully saturated rings. The Hall–Kier alpha value is -3.87. The second-order valence-corrected chi connectivity index (χ2v) is 7.16. The summed E-state index contributed by atoms with van der Waals surface area (Å²) in [5.74, 6) is 0.187. The van der Waals surface area contributed by atoms with E-state index in [9.17, 15) is 9.59 Å². The fraction of sp³-hybridized carbons (Fsp3) is 0.174. The first kappa shape index (κ1) is 18.2. The molecule has 1 aromatic heterocycles. The summed E-state index contributed by atoms with van der Waals surface area (Å²) in [6.07, 6.45) is 3.45. The highest BCUT2D eigenvalue weighted by Gasteiger charge is 2.28. The lowest BCUT2D eigenvalue weighted by Gasteiger charge is -2.12. The Morgan fingerprint density at radius 2 is 1.93 bits per heavy atom. The summed E-state index contributed by atoms with van der Waals surface area (Å²) in [4.78, 5) is 28.7. The van der Waals surface area contributed by atoms with E-state index in [0.717, 1.165) is 34.6 Å². The van der Waals surface area contributed by atoms with Gasteiger partial charge in [-0.15, -0.1) is 0 Å². The van der Waals surface area contributed by atoms with Crippen molar-refractivity contribution in [1.29, 1.82) is 0 Å². The SMILES string of the molecule is NC(=O)COC(=O)c1c2c(nc3ccccc13)/C(=C/c1ccc3c(c1)OCO3)CC2. The molecular formula is C23H18N2O5. The molecule has 0 unspecified atom stereocenters. The van der Waals surface area contributed by atoms with Gasteiger partial charge in [-0.2, -0.15) is 0 Å². The summed E-state index contributed by atoms with van der Waals surface area (Å²) in [5.41, 5.74) is 9.88. The van der Waals surface area contributed by atoms with Crippen LogP contribution in [0.3, 0.4) is 0 Å². The van der Waals surface area contributed by atoms with Crippen LogP contribution in [0, 0.1) is 0 Å². The molecule has 30 heavy (non-hydrogen) atoms. The third-order valence-corrected chi connectivity index (χ3v) is 5.23. The minimum atomic E-state index is -0.693. The molecule has 1 aliphatic carbocycles. The molecule has 2 aromatic carbocycles. The van der Waals surface area contributed by atoms with Gasteiger partial charge in [-0.05, 0) is 53.8 Å². The van der Waals surface area contributed by atoms with Crippen molar-refractivity contribution in [3.8, 4) is 11.5 Å². The van der Waals surface area contributed by atoms with Crippen LogP contribution in [0.25, 0.3) is 22.6 Å². The van der Waals surface area contributed by atoms with E-state index in [1.807, 2.05) is 48.5 Å². The molecular weight excluding hydrogens is 384 g/mol. The lowest BCUT2D eigenvalue weighted by atomic mass is 10.0. The van der Waals surface area contributed by atoms with E-state index in [1.165, 1.54) is 0 Å². The maximum Gasteiger partial charge on any atom is 0.339 e. The van der Waals surface area contributed by atoms with E-state index >= 15 is 0 Å². The highest BCUT2D eigenvalue weighted by Crippen LogP contribution is 2.39. The number of esters is 1. The number of nitrogens with two attached hydrogens (primary N) is 1. The van der Waals surface area contributed by atoms with E-state index in [2.05, 4.69) is 0 Å². The van der Waals surface area contributed by atoms with E-state index in [-0.39, 0.29) is 6.79 Å². The quantitative estimate of drug-likeness (QED) is 0.673. The molecule has 7 nitrogen and oxygen atoms in total. The van der Waals surface area contributed by atoms with Gasteiger partial charge in [-0.1, -0.05) is 24.3 Å². The number of allylic oxidation sites excluding steroid dienone is 1. The molecule has 7 heteroatoms. The summed E-state index contributed by atoms with van der Waals surface area (Å²) >= 11 is 0. The number of rotatable bonds is 4. The number of carbonyl (C=O) groups excluding carboxylic acids is 2. The molecule has 0 saturated heterocycles. The summed E-state index contributed by atoms with van der Waals surface area (Å²) in [6, 6.07) is 13.2. The van der Waals surface area contributed by atoms with Gasteiger partial charge < -0.3 is 19.9 Å². The van der Waals surface area contributed by atoms with Gasteiger partial charge in [0.1, 0.15) is 0 Å². The number of hydrogen-bond donors (Lipinski definition) is 1. The Morgan fingerprint density at radius 3 is 2.80 bits per heavy atom. The number of amides is 1. The predicted molar refractivity (Wildman–Crippen MR) is 110 cm³/mol. The zero-order chi connectivity index (χ0) is 20.7. The van der Waals surface area contributed by atoms with Crippen molar-refractivity contribution in [3.63, 3.8) is 0 Å². The second kappa shape index (κ2) is 7.18. The fourth-order valence-corrected chi connectivity index (χ4v) is 3.93. The lowest BCUT2D eigenvalue weighted by molar-refractivity contribution is -0.121. The number of fused-ring (bicyclic) bond motifs is 3. The number of hydrogen-bond acceptors (Lipinski definition) is 6. The Balaban J connectivity index is 1.60. The van der Waals surface area contributed by atoms with Crippen molar-refractivity contribution >= 4 is 34.4 Å². The van der Waals surface area contributed by atoms with Gasteiger partial charge in [-0.25, -0.2) is 9.78 Å². The predicted octanol–water partition coefficient (Wildman–Crippen LogP) is 3.09. The molecule has 150 valence electrons. The number of pyridine rings is 1. The van der Waals surface area contributed by atoms with Crippen LogP contribution >= 0.6 is 0 Å². The molecule has 2 N–H and O–H groups in total. The highest BCUT2D eigenvalue weighted by atomic mass is 16.7. The van der Waals surface area contributed by atoms with Crippen LogP contribution in [-0.2, 0) is 16.0 Å². The monoisotopic (exact) mass is 402 g/mol. The van der Waals surface area contributed by atoms with Gasteiger partial charge in [0.05, 0.1) is 16.8 Å². The Labute approximate surface area is 172 Å². The minimum absolute atomic E-state index is 0.225. The standard InChI is InChI=1S/C23H18N2O5/c24-20(26)11-28-23(27)21-15-3-1-2-4-17(15)25-22-14(6-7-16(21)22)9-13-5-8-18-19(10-13)30-12-29-18/h1-5,8-10H,6-7,11-12H2,(H2,24,26)/b14-9+. The van der Waals surface area contributed by atoms with Crippen molar-refractivity contribution in [2.24, 2.45) is 5.73 Å². The average Bonchev–Trinajstić information content (AvgIpc) is 3.37. The second-order valence-electron chi connectivity index (χ2n) is 7.16. The summed E-state index contributed by atoms with van der Waals surface area (Å²) in [6.45, 7) is -0.230. The number of carbonyl (C=O) groups is 2. The van der Waals surface area contributed by atoms with Crippen molar-refractivity contribution in [1.82, 2.24) is 4.98 Å². The van der Waals surface area contributed by atoms with Crippen molar-refractivity contribution < 1.29 is 23.8 Å². The number of nitrogens with zero attached hydrogens (tertiary/aromatic N) is 1. The van der Waals surface area contributed by atoms with Crippen LogP contribution in [0.5, 0.6) is 11.5 Å². The number of primary amides is 1. The number of benzene rings is 2. The maximum atomic E-state index is 12.8. The smallest absolute Gasteiger partial charge is 0.339 e. The van der Waals surface area contributed by atoms with Crippen molar-refractivity contribution in [3.05, 3.63) is 64.8 Å². The van der Waals surface area contributed by atoms with E-state index in [0.29, 0.717) is 28.6 Å². The first-order valence-electron chi connectivity index (χ1n) is 9.58. The molecule has 1 aliphatic heterocycles. The average molecular weight is 402 g/mol. The largest absolute Gasteiger partial charge is 0.454 e. The highest BCUT2D eigenvalue weighted by molar-refractivity contribution is 6.07. The molecule has 2 aliphatic rings. The van der Waals surface area contributed by atoms with Crippen molar-refractivity contribution in [2.75, 3.05) is 13.4 Å². The number of para-hydroxylation sites is 1. The Kier molecular flexibility index (Phi) is 4.35. The van der Waals surface area contributed by atoms with Gasteiger partial charge in [0.25, 0.3) is 5.91 Å². The minimum Gasteiger partial charge on any atom is -0.454 e. The van der Waals surface area contributed by atoms with Gasteiger partial charge in [0, 0.05) is 5.39 Å². The summed E-state index contributed by atoms with van der Waals surface area (Å²) in [5, 5.41) is 0.704. The van der Waals surface area contributed by atoms with Crippen LogP contribution in [-0.4, -0.2) is 30.3 Å². The third-order valence-electron chi connectivity index (χ3n) is 5.23. The molecule has 1 amide bonds. The Bertz CT molecular complexity index is 1230. The van der Waals surface area contributed by atoms with E-state index in [1.54, 1.807) is 0 Å². The van der Waals surface area contributed by atoms with Gasteiger partial charge >= 0.3 is 5.97 Å². The molecule has 0 saturated carbocycles. The number of aromatic nitrogens is 1. The number of ether oxygens (including phenoxy) is 3. The maximum absolute atomic E-state index is 12.8. The Morgan fingerprint density at radius 1 is 1.10 bits per heavy atom. The van der Waals surface area contributed by atoms with Gasteiger partial charge in [-0.3, -0.25) is 4.79 Å². The zero-order valence-electron chi connectivity index (χ0n) is 16.0. The molecule has 0 bridgehead atoms. The van der Waals surface area contributed by atoms with E-state index in [4.69, 9.17) is 24.9 Å². The molecule has 0 radical (unpaired) electrons. The molecule has 5 rings (SSSR count). The zero-order valence-corrected chi connectivity index (χ0v) is 16.0. The topological polar surface area (TPSA) is 101 Å². The van der Waals surface area contributed by atoms with Crippen LogP contribution in [0.1, 0.15) is 33.6 Å². The van der Waals surface area contributed by atoms with Crippen LogP contribution in [0.2, 0.25) is 0 Å². The first-order valence-corrected chi connectivity index (χ1v) is 9.58. The molecule has 3 aromatic rings. The van der Waals surface area contributed by atoms with Gasteiger partial charge in [0.15, 0.2) is 18.1 Å². The van der Waals surface area contributed by atoms with Crippen LogP contribution < -0.4 is 15.2 Å². The normalized spacial score (nSPS) is 15.4. The summed E-state index contributed by atoms with van der Waals surface area (Å²) < 4.78 is 16.0. The van der Waals surface area contributed by atoms with Crippen molar-refractivity contribution in [2.45, 2.75) is 12.8 Å². The summed E-state index contributed by atoms with van der Waals surface area (Å²) in [7, 11) is 0. The molecule has 0 atom stereocenters. The van der Waals surface area contributed by atoms with Crippen LogP contribution in [0.4, 0.5) is 0 Å². The van der Waals surface area contributed by atoms with Gasteiger partial charge in [0.2, 0.25) is 6.79 Å². The first-order chi connectivity index (χ1) is 14.6. The fourth-order valence-electron chi connectivity index (χ4n) is 3.93. The van der Waals surface area contributed by atoms with E-state index < -0.39 is 18.5 Å². The third kappa shape index (κ3) is 3.14. The molecule has 0 spiro atoms. The van der Waals surface area contributed by atoms with Crippen LogP contribution in [0.15, 0.2) is 42.5 Å². The lowest BCUT2D eigenvalue weighted by Crippen LogP contribution is -2.21. The molecule has 2 heterocycles.